The largest absolute Gasteiger partial charge is 0.494 e. The number of carbonyl (C=O) groups is 1. The molecule has 0 aliphatic heterocycles. The van der Waals surface area contributed by atoms with E-state index in [1.807, 2.05) is 0 Å². The Labute approximate surface area is 154 Å². The van der Waals surface area contributed by atoms with Crippen molar-refractivity contribution in [2.45, 2.75) is 38.2 Å². The van der Waals surface area contributed by atoms with Crippen LogP contribution < -0.4 is 11.5 Å². The molecule has 0 radical (unpaired) electrons. The van der Waals surface area contributed by atoms with Gasteiger partial charge in [0.05, 0.1) is 12.0 Å². The molecule has 28 heavy (non-hydrogen) atoms. The fraction of sp³-hybridized carbons (Fsp3) is 0.375. The van der Waals surface area contributed by atoms with Crippen LogP contribution in [0.3, 0.4) is 0 Å². The lowest BCUT2D eigenvalue weighted by Crippen LogP contribution is -2.24. The van der Waals surface area contributed by atoms with E-state index in [4.69, 9.17) is 11.5 Å². The Morgan fingerprint density at radius 3 is 2.29 bits per heavy atom. The van der Waals surface area contributed by atoms with Gasteiger partial charge in [0.25, 0.3) is 5.91 Å². The van der Waals surface area contributed by atoms with Crippen LogP contribution in [0.2, 0.25) is 0 Å². The third-order valence-electron chi connectivity index (χ3n) is 3.89. The Morgan fingerprint density at radius 1 is 1.11 bits per heavy atom. The van der Waals surface area contributed by atoms with Gasteiger partial charge in [0.1, 0.15) is 0 Å². The van der Waals surface area contributed by atoms with E-state index in [0.717, 1.165) is 16.7 Å². The summed E-state index contributed by atoms with van der Waals surface area (Å²) < 4.78 is 77.2. The van der Waals surface area contributed by atoms with Gasteiger partial charge in [0, 0.05) is 29.4 Å². The number of nitrogens with zero attached hydrogens (tertiary/aromatic N) is 2. The van der Waals surface area contributed by atoms with Crippen molar-refractivity contribution in [3.05, 3.63) is 29.5 Å². The molecule has 0 fully saturated rings. The zero-order chi connectivity index (χ0) is 21.3. The maximum Gasteiger partial charge on any atom is 0.416 e. The predicted molar refractivity (Wildman–Crippen MR) is 88.4 cm³/mol. The fourth-order valence-electron chi connectivity index (χ4n) is 2.77. The monoisotopic (exact) mass is 410 g/mol. The first-order chi connectivity index (χ1) is 12.8. The molecule has 154 valence electrons. The molecule has 1 aromatic heterocycles. The third kappa shape index (κ3) is 5.08. The van der Waals surface area contributed by atoms with Crippen molar-refractivity contribution in [3.8, 4) is 5.88 Å². The van der Waals surface area contributed by atoms with Gasteiger partial charge in [-0.3, -0.25) is 4.79 Å². The van der Waals surface area contributed by atoms with E-state index in [2.05, 4.69) is 4.99 Å². The number of alkyl halides is 6. The highest BCUT2D eigenvalue weighted by molar-refractivity contribution is 5.97. The van der Waals surface area contributed by atoms with Crippen molar-refractivity contribution in [1.29, 1.82) is 0 Å². The van der Waals surface area contributed by atoms with Crippen LogP contribution in [0.25, 0.3) is 10.8 Å². The Kier molecular flexibility index (Phi) is 5.80. The number of hydrogen-bond donors (Lipinski definition) is 3. The first-order valence-electron chi connectivity index (χ1n) is 7.90. The summed E-state index contributed by atoms with van der Waals surface area (Å²) in [5.41, 5.74) is 9.02. The summed E-state index contributed by atoms with van der Waals surface area (Å²) in [6, 6.07) is 2.43. The molecule has 2 aromatic rings. The van der Waals surface area contributed by atoms with Crippen molar-refractivity contribution in [1.82, 2.24) is 4.57 Å². The number of rotatable bonds is 5. The van der Waals surface area contributed by atoms with Gasteiger partial charge in [-0.15, -0.1) is 0 Å². The van der Waals surface area contributed by atoms with Crippen LogP contribution in [0, 0.1) is 0 Å². The van der Waals surface area contributed by atoms with Gasteiger partial charge >= 0.3 is 12.4 Å². The fourth-order valence-corrected chi connectivity index (χ4v) is 2.77. The number of aromatic hydroxyl groups is 1. The van der Waals surface area contributed by atoms with Crippen LogP contribution in [0.15, 0.2) is 23.2 Å². The molecule has 0 atom stereocenters. The Morgan fingerprint density at radius 2 is 1.75 bits per heavy atom. The highest BCUT2D eigenvalue weighted by Crippen LogP contribution is 2.38. The average molecular weight is 410 g/mol. The Bertz CT molecular complexity index is 910. The number of amides is 1. The van der Waals surface area contributed by atoms with Crippen molar-refractivity contribution >= 4 is 22.6 Å². The lowest BCUT2D eigenvalue weighted by atomic mass is 10.1. The summed E-state index contributed by atoms with van der Waals surface area (Å²) in [5, 5.41) is 10.1. The number of guanidine groups is 1. The molecule has 0 aliphatic carbocycles. The van der Waals surface area contributed by atoms with E-state index >= 15 is 0 Å². The van der Waals surface area contributed by atoms with Crippen LogP contribution in [-0.4, -0.2) is 27.7 Å². The van der Waals surface area contributed by atoms with Crippen LogP contribution in [0.4, 0.5) is 26.3 Å². The van der Waals surface area contributed by atoms with E-state index in [-0.39, 0.29) is 23.0 Å². The SMILES string of the molecule is NC(N)=NC(=O)Cc1c2cc(C(F)(F)F)ccc2c(O)n1CCCC(F)(F)F. The summed E-state index contributed by atoms with van der Waals surface area (Å²) in [4.78, 5) is 15.2. The lowest BCUT2D eigenvalue weighted by molar-refractivity contribution is -0.137. The molecule has 0 bridgehead atoms. The van der Waals surface area contributed by atoms with Gasteiger partial charge in [-0.1, -0.05) is 0 Å². The quantitative estimate of drug-likeness (QED) is 0.400. The maximum atomic E-state index is 13.0. The molecule has 0 saturated carbocycles. The summed E-state index contributed by atoms with van der Waals surface area (Å²) in [5.74, 6) is -2.04. The zero-order valence-electron chi connectivity index (χ0n) is 14.2. The lowest BCUT2D eigenvalue weighted by Gasteiger charge is -2.11. The van der Waals surface area contributed by atoms with Gasteiger partial charge in [0.2, 0.25) is 0 Å². The van der Waals surface area contributed by atoms with E-state index in [9.17, 15) is 36.2 Å². The summed E-state index contributed by atoms with van der Waals surface area (Å²) in [7, 11) is 0. The summed E-state index contributed by atoms with van der Waals surface area (Å²) in [6.45, 7) is -0.369. The van der Waals surface area contributed by atoms with Crippen molar-refractivity contribution < 1.29 is 36.2 Å². The molecule has 1 heterocycles. The molecule has 12 heteroatoms. The van der Waals surface area contributed by atoms with Crippen LogP contribution in [0.5, 0.6) is 5.88 Å². The molecule has 1 amide bonds. The van der Waals surface area contributed by atoms with Crippen molar-refractivity contribution in [3.63, 3.8) is 0 Å². The molecule has 2 rings (SSSR count). The van der Waals surface area contributed by atoms with E-state index in [0.29, 0.717) is 6.07 Å². The number of fused-ring (bicyclic) bond motifs is 1. The minimum atomic E-state index is -4.69. The second-order valence-electron chi connectivity index (χ2n) is 6.01. The maximum absolute atomic E-state index is 13.0. The predicted octanol–water partition coefficient (Wildman–Crippen LogP) is 3.05. The molecule has 0 unspecified atom stereocenters. The Hall–Kier alpha value is -2.92. The van der Waals surface area contributed by atoms with Gasteiger partial charge in [-0.25, -0.2) is 0 Å². The van der Waals surface area contributed by atoms with Crippen molar-refractivity contribution in [2.24, 2.45) is 16.5 Å². The van der Waals surface area contributed by atoms with Crippen LogP contribution in [-0.2, 0) is 23.9 Å². The first-order valence-corrected chi connectivity index (χ1v) is 7.90. The molecule has 0 saturated heterocycles. The zero-order valence-corrected chi connectivity index (χ0v) is 14.2. The number of hydrogen-bond acceptors (Lipinski definition) is 2. The molecule has 0 aliphatic rings. The van der Waals surface area contributed by atoms with E-state index in [1.54, 1.807) is 0 Å². The molecular weight excluding hydrogens is 394 g/mol. The summed E-state index contributed by atoms with van der Waals surface area (Å²) in [6.07, 6.45) is -11.4. The smallest absolute Gasteiger partial charge is 0.416 e. The molecule has 5 N–H and O–H groups in total. The normalized spacial score (nSPS) is 12.4. The number of benzene rings is 1. The number of nitrogens with two attached hydrogens (primary N) is 2. The van der Waals surface area contributed by atoms with Crippen LogP contribution in [0.1, 0.15) is 24.1 Å². The van der Waals surface area contributed by atoms with Gasteiger partial charge in [0.15, 0.2) is 11.8 Å². The highest BCUT2D eigenvalue weighted by atomic mass is 19.4. The second kappa shape index (κ2) is 7.60. The minimum Gasteiger partial charge on any atom is -0.494 e. The molecule has 0 spiro atoms. The number of halogens is 6. The van der Waals surface area contributed by atoms with Crippen LogP contribution >= 0.6 is 0 Å². The second-order valence-corrected chi connectivity index (χ2v) is 6.01. The van der Waals surface area contributed by atoms with Gasteiger partial charge in [-0.05, 0) is 24.6 Å². The average Bonchev–Trinajstić information content (AvgIpc) is 2.77. The number of carbonyl (C=O) groups excluding carboxylic acids is 1. The van der Waals surface area contributed by atoms with E-state index < -0.39 is 54.9 Å². The molecular formula is C16H16F6N4O2. The highest BCUT2D eigenvalue weighted by Gasteiger charge is 2.32. The van der Waals surface area contributed by atoms with Gasteiger partial charge < -0.3 is 21.1 Å². The number of aromatic nitrogens is 1. The first kappa shape index (κ1) is 21.4. The van der Waals surface area contributed by atoms with Crippen molar-refractivity contribution in [2.75, 3.05) is 0 Å². The summed E-state index contributed by atoms with van der Waals surface area (Å²) >= 11 is 0. The molecule has 1 aromatic carbocycles. The molecule has 6 nitrogen and oxygen atoms in total. The standard InChI is InChI=1S/C16H16F6N4O2/c17-15(18,19)4-1-5-26-11(7-12(27)25-14(23)24)10-6-8(16(20,21)22)2-3-9(10)13(26)28/h2-3,6,28H,1,4-5,7H2,(H4,23,24,25,27). The topological polar surface area (TPSA) is 107 Å². The van der Waals surface area contributed by atoms with E-state index in [1.165, 1.54) is 0 Å². The third-order valence-corrected chi connectivity index (χ3v) is 3.89. The van der Waals surface area contributed by atoms with Gasteiger partial charge in [-0.2, -0.15) is 31.3 Å². The Balaban J connectivity index is 2.54. The number of aliphatic imine (C=N–C) groups is 1. The minimum absolute atomic E-state index is 0.0347.